The van der Waals surface area contributed by atoms with E-state index in [0.717, 1.165) is 5.57 Å². The number of hydrogen-bond acceptors (Lipinski definition) is 5. The zero-order chi connectivity index (χ0) is 17.0. The standard InChI is InChI=1S/C17H20FN3O2/c1-11-4-7-14(18)17(2,9-8-11)21-15-13(16(22)23-3)6-5-12(10-19)20-15/h5-8,13,15,21H,4,9H2,1-3H3. The highest BCUT2D eigenvalue weighted by Crippen LogP contribution is 2.30. The molecule has 0 aromatic carbocycles. The fourth-order valence-corrected chi connectivity index (χ4v) is 2.59. The van der Waals surface area contributed by atoms with Crippen molar-refractivity contribution in [3.8, 4) is 6.07 Å². The maximum Gasteiger partial charge on any atom is 0.316 e. The summed E-state index contributed by atoms with van der Waals surface area (Å²) in [5.41, 5.74) is 0.292. The fourth-order valence-electron chi connectivity index (χ4n) is 2.59. The van der Waals surface area contributed by atoms with Gasteiger partial charge < -0.3 is 4.74 Å². The van der Waals surface area contributed by atoms with E-state index >= 15 is 0 Å². The van der Waals surface area contributed by atoms with Crippen LogP contribution in [-0.4, -0.2) is 30.5 Å². The van der Waals surface area contributed by atoms with E-state index in [1.165, 1.54) is 19.3 Å². The molecule has 1 heterocycles. The molecule has 3 atom stereocenters. The summed E-state index contributed by atoms with van der Waals surface area (Å²) >= 11 is 0. The molecule has 6 heteroatoms. The average molecular weight is 317 g/mol. The maximum atomic E-state index is 14.5. The van der Waals surface area contributed by atoms with E-state index in [4.69, 9.17) is 10.00 Å². The van der Waals surface area contributed by atoms with Crippen LogP contribution in [0.25, 0.3) is 0 Å². The summed E-state index contributed by atoms with van der Waals surface area (Å²) in [5, 5.41) is 12.1. The lowest BCUT2D eigenvalue weighted by Crippen LogP contribution is -2.52. The van der Waals surface area contributed by atoms with Crippen LogP contribution in [0.15, 0.2) is 40.7 Å². The number of halogens is 1. The number of allylic oxidation sites excluding steroid dienone is 3. The predicted molar refractivity (Wildman–Crippen MR) is 85.2 cm³/mol. The van der Waals surface area contributed by atoms with Gasteiger partial charge in [0.05, 0.1) is 12.6 Å². The van der Waals surface area contributed by atoms with E-state index in [-0.39, 0.29) is 11.5 Å². The van der Waals surface area contributed by atoms with Crippen LogP contribution in [0.2, 0.25) is 0 Å². The summed E-state index contributed by atoms with van der Waals surface area (Å²) in [4.78, 5) is 16.2. The second kappa shape index (κ2) is 6.88. The number of nitriles is 1. The molecule has 122 valence electrons. The minimum absolute atomic E-state index is 0.191. The number of carbonyl (C=O) groups is 1. The van der Waals surface area contributed by atoms with Gasteiger partial charge in [-0.1, -0.05) is 17.7 Å². The molecule has 3 unspecified atom stereocenters. The van der Waals surface area contributed by atoms with Crippen LogP contribution in [0.5, 0.6) is 0 Å². The first-order chi connectivity index (χ1) is 10.9. The van der Waals surface area contributed by atoms with Crippen LogP contribution in [-0.2, 0) is 9.53 Å². The number of nitrogens with zero attached hydrogens (tertiary/aromatic N) is 2. The first-order valence-corrected chi connectivity index (χ1v) is 7.43. The Hall–Kier alpha value is -2.26. The van der Waals surface area contributed by atoms with Crippen molar-refractivity contribution in [2.75, 3.05) is 7.11 Å². The summed E-state index contributed by atoms with van der Waals surface area (Å²) in [6.45, 7) is 3.67. The van der Waals surface area contributed by atoms with Crippen molar-refractivity contribution in [3.63, 3.8) is 0 Å². The molecule has 1 N–H and O–H groups in total. The SMILES string of the molecule is COC(=O)C1C=CC(C#N)=NC1NC1(C)CC=C(C)CC=C1F. The van der Waals surface area contributed by atoms with Gasteiger partial charge in [0.2, 0.25) is 0 Å². The van der Waals surface area contributed by atoms with Gasteiger partial charge in [0.15, 0.2) is 0 Å². The number of nitrogens with one attached hydrogen (secondary N) is 1. The van der Waals surface area contributed by atoms with Crippen LogP contribution in [0.1, 0.15) is 26.7 Å². The Balaban J connectivity index is 2.30. The van der Waals surface area contributed by atoms with Crippen molar-refractivity contribution < 1.29 is 13.9 Å². The molecular weight excluding hydrogens is 297 g/mol. The summed E-state index contributed by atoms with van der Waals surface area (Å²) in [5.74, 6) is -1.47. The summed E-state index contributed by atoms with van der Waals surface area (Å²) in [6, 6.07) is 1.94. The molecule has 5 nitrogen and oxygen atoms in total. The number of aliphatic imine (C=N–C) groups is 1. The Labute approximate surface area is 135 Å². The molecule has 0 bridgehead atoms. The minimum Gasteiger partial charge on any atom is -0.468 e. The Morgan fingerprint density at radius 3 is 2.96 bits per heavy atom. The topological polar surface area (TPSA) is 74.5 Å². The molecule has 0 aromatic heterocycles. The van der Waals surface area contributed by atoms with Gasteiger partial charge in [-0.3, -0.25) is 15.1 Å². The first kappa shape index (κ1) is 17.1. The second-order valence-corrected chi connectivity index (χ2v) is 5.97. The highest BCUT2D eigenvalue weighted by atomic mass is 19.1. The van der Waals surface area contributed by atoms with E-state index in [1.807, 2.05) is 19.1 Å². The van der Waals surface area contributed by atoms with Gasteiger partial charge in [-0.15, -0.1) is 0 Å². The van der Waals surface area contributed by atoms with Gasteiger partial charge in [-0.05, 0) is 38.8 Å². The number of dihydropyridines is 1. The molecule has 0 fully saturated rings. The van der Waals surface area contributed by atoms with Crippen molar-refractivity contribution in [1.82, 2.24) is 5.32 Å². The third kappa shape index (κ3) is 3.74. The molecule has 23 heavy (non-hydrogen) atoms. The normalized spacial score (nSPS) is 30.5. The lowest BCUT2D eigenvalue weighted by molar-refractivity contribution is -0.144. The molecule has 2 aliphatic rings. The predicted octanol–water partition coefficient (Wildman–Crippen LogP) is 2.58. The van der Waals surface area contributed by atoms with Gasteiger partial charge in [-0.2, -0.15) is 5.26 Å². The van der Waals surface area contributed by atoms with Crippen molar-refractivity contribution in [2.24, 2.45) is 10.9 Å². The fraction of sp³-hybridized carbons (Fsp3) is 0.471. The zero-order valence-corrected chi connectivity index (χ0v) is 13.5. The molecule has 1 aliphatic carbocycles. The van der Waals surface area contributed by atoms with E-state index in [2.05, 4.69) is 10.3 Å². The minimum atomic E-state index is -0.982. The Morgan fingerprint density at radius 2 is 2.30 bits per heavy atom. The van der Waals surface area contributed by atoms with E-state index in [1.54, 1.807) is 13.0 Å². The van der Waals surface area contributed by atoms with Crippen LogP contribution in [0.4, 0.5) is 4.39 Å². The van der Waals surface area contributed by atoms with E-state index in [9.17, 15) is 9.18 Å². The monoisotopic (exact) mass is 317 g/mol. The van der Waals surface area contributed by atoms with Crippen molar-refractivity contribution in [2.45, 2.75) is 38.4 Å². The number of esters is 1. The average Bonchev–Trinajstić information content (AvgIpc) is 2.68. The highest BCUT2D eigenvalue weighted by Gasteiger charge is 2.38. The maximum absolute atomic E-state index is 14.5. The molecule has 0 aromatic rings. The smallest absolute Gasteiger partial charge is 0.316 e. The largest absolute Gasteiger partial charge is 0.468 e. The van der Waals surface area contributed by atoms with E-state index in [0.29, 0.717) is 12.8 Å². The van der Waals surface area contributed by atoms with Gasteiger partial charge in [0.1, 0.15) is 29.7 Å². The third-order valence-electron chi connectivity index (χ3n) is 4.12. The molecule has 1 aliphatic heterocycles. The van der Waals surface area contributed by atoms with Crippen LogP contribution >= 0.6 is 0 Å². The summed E-state index contributed by atoms with van der Waals surface area (Å²) < 4.78 is 19.3. The number of carbonyl (C=O) groups excluding carboxylic acids is 1. The van der Waals surface area contributed by atoms with Crippen LogP contribution in [0.3, 0.4) is 0 Å². The Kier molecular flexibility index (Phi) is 5.12. The van der Waals surface area contributed by atoms with E-state index < -0.39 is 23.6 Å². The van der Waals surface area contributed by atoms with Crippen molar-refractivity contribution >= 4 is 11.7 Å². The first-order valence-electron chi connectivity index (χ1n) is 7.43. The van der Waals surface area contributed by atoms with Crippen molar-refractivity contribution in [3.05, 3.63) is 35.7 Å². The van der Waals surface area contributed by atoms with Gasteiger partial charge in [-0.25, -0.2) is 4.39 Å². The summed E-state index contributed by atoms with van der Waals surface area (Å²) in [6.07, 6.45) is 6.79. The number of hydrogen-bond donors (Lipinski definition) is 1. The quantitative estimate of drug-likeness (QED) is 0.641. The zero-order valence-electron chi connectivity index (χ0n) is 13.5. The summed E-state index contributed by atoms with van der Waals surface area (Å²) in [7, 11) is 1.29. The molecule has 0 saturated carbocycles. The van der Waals surface area contributed by atoms with Gasteiger partial charge in [0.25, 0.3) is 0 Å². The lowest BCUT2D eigenvalue weighted by Gasteiger charge is -2.34. The molecule has 0 spiro atoms. The molecule has 0 radical (unpaired) electrons. The number of rotatable bonds is 3. The Bertz CT molecular complexity index is 657. The molecule has 0 saturated heterocycles. The third-order valence-corrected chi connectivity index (χ3v) is 4.12. The van der Waals surface area contributed by atoms with Crippen LogP contribution < -0.4 is 5.32 Å². The Morgan fingerprint density at radius 1 is 1.57 bits per heavy atom. The number of methoxy groups -OCH3 is 1. The molecule has 2 rings (SSSR count). The number of ether oxygens (including phenoxy) is 1. The van der Waals surface area contributed by atoms with Gasteiger partial charge in [0, 0.05) is 0 Å². The highest BCUT2D eigenvalue weighted by molar-refractivity contribution is 6.08. The molecule has 0 amide bonds. The van der Waals surface area contributed by atoms with Gasteiger partial charge >= 0.3 is 5.97 Å². The second-order valence-electron chi connectivity index (χ2n) is 5.97. The van der Waals surface area contributed by atoms with Crippen molar-refractivity contribution in [1.29, 1.82) is 5.26 Å². The molecular formula is C17H20FN3O2. The van der Waals surface area contributed by atoms with Crippen LogP contribution in [0, 0.1) is 17.2 Å². The lowest BCUT2D eigenvalue weighted by atomic mass is 9.92.